The summed E-state index contributed by atoms with van der Waals surface area (Å²) in [4.78, 5) is 0. The maximum atomic E-state index is 9.79. The second-order valence-corrected chi connectivity index (χ2v) is 10.5. The number of furan rings is 1. The van der Waals surface area contributed by atoms with Gasteiger partial charge in [0.25, 0.3) is 0 Å². The van der Waals surface area contributed by atoms with Gasteiger partial charge in [-0.15, -0.1) is 0 Å². The molecule has 0 amide bonds. The molecule has 0 saturated carbocycles. The van der Waals surface area contributed by atoms with Gasteiger partial charge in [0.05, 0.1) is 41.1 Å². The van der Waals surface area contributed by atoms with Crippen molar-refractivity contribution in [2.75, 3.05) is 0 Å². The van der Waals surface area contributed by atoms with E-state index < -0.39 is 280 Å². The summed E-state index contributed by atoms with van der Waals surface area (Å²) in [5, 5.41) is -5.48. The average Bonchev–Trinajstić information content (AvgIpc) is 4.05. The third-order valence-corrected chi connectivity index (χ3v) is 7.76. The molecule has 0 N–H and O–H groups in total. The van der Waals surface area contributed by atoms with E-state index in [2.05, 4.69) is 0 Å². The smallest absolute Gasteiger partial charge is 0.136 e. The zero-order valence-electron chi connectivity index (χ0n) is 54.4. The molecule has 0 radical (unpaired) electrons. The number of hydrogen-bond donors (Lipinski definition) is 0. The first-order chi connectivity index (χ1) is 36.8. The molecular formula is C48H30O. The number of hydrogen-bond acceptors (Lipinski definition) is 1. The Morgan fingerprint density at radius 1 is 0.286 bits per heavy atom. The van der Waals surface area contributed by atoms with E-state index in [1.807, 2.05) is 0 Å². The molecule has 0 aliphatic rings. The van der Waals surface area contributed by atoms with Gasteiger partial charge in [0.1, 0.15) is 11.2 Å². The van der Waals surface area contributed by atoms with Crippen molar-refractivity contribution in [1.82, 2.24) is 0 Å². The summed E-state index contributed by atoms with van der Waals surface area (Å²) in [6.07, 6.45) is 0. The van der Waals surface area contributed by atoms with E-state index in [4.69, 9.17) is 30.5 Å². The summed E-state index contributed by atoms with van der Waals surface area (Å²) in [6, 6.07) is -28.5. The van der Waals surface area contributed by atoms with Crippen molar-refractivity contribution in [1.29, 1.82) is 0 Å². The fourth-order valence-electron chi connectivity index (χ4n) is 5.64. The summed E-state index contributed by atoms with van der Waals surface area (Å²) in [5.74, 6) is 0. The molecule has 9 aromatic carbocycles. The Bertz CT molecular complexity index is 4490. The Kier molecular flexibility index (Phi) is 2.50. The molecule has 0 unspecified atom stereocenters. The quantitative estimate of drug-likeness (QED) is 0.172. The monoisotopic (exact) mass is 652 g/mol. The molecule has 1 aromatic heterocycles. The predicted molar refractivity (Wildman–Crippen MR) is 208 cm³/mol. The van der Waals surface area contributed by atoms with Crippen molar-refractivity contribution in [3.63, 3.8) is 0 Å². The summed E-state index contributed by atoms with van der Waals surface area (Å²) < 4.78 is 275. The first kappa shape index (κ1) is 11.1. The van der Waals surface area contributed by atoms with E-state index in [0.29, 0.717) is 0 Å². The molecule has 228 valence electrons. The Morgan fingerprint density at radius 3 is 1.55 bits per heavy atom. The maximum absolute atomic E-state index is 9.79. The van der Waals surface area contributed by atoms with E-state index in [-0.39, 0.29) is 0 Å². The summed E-state index contributed by atoms with van der Waals surface area (Å²) in [7, 11) is 0. The second kappa shape index (κ2) is 11.1. The molecule has 49 heavy (non-hydrogen) atoms. The number of fused-ring (bicyclic) bond motifs is 6. The molecule has 0 atom stereocenters. The molecule has 1 heteroatoms. The number of rotatable bonds is 4. The predicted octanol–water partition coefficient (Wildman–Crippen LogP) is 13.7. The van der Waals surface area contributed by atoms with Crippen molar-refractivity contribution in [3.05, 3.63) is 181 Å². The van der Waals surface area contributed by atoms with Crippen molar-refractivity contribution in [3.8, 4) is 44.5 Å². The van der Waals surface area contributed by atoms with E-state index in [9.17, 15) is 15.1 Å². The fraction of sp³-hybridized carbons (Fsp3) is 0. The van der Waals surface area contributed by atoms with Crippen LogP contribution in [0.2, 0.25) is 0 Å². The van der Waals surface area contributed by atoms with Crippen LogP contribution in [0.15, 0.2) is 186 Å². The van der Waals surface area contributed by atoms with E-state index in [0.717, 1.165) is 0 Å². The van der Waals surface area contributed by atoms with Crippen LogP contribution >= 0.6 is 0 Å². The van der Waals surface area contributed by atoms with Gasteiger partial charge >= 0.3 is 0 Å². The van der Waals surface area contributed by atoms with Gasteiger partial charge < -0.3 is 4.42 Å². The van der Waals surface area contributed by atoms with Crippen molar-refractivity contribution < 1.29 is 45.5 Å². The highest BCUT2D eigenvalue weighted by Crippen LogP contribution is 2.45. The van der Waals surface area contributed by atoms with Crippen LogP contribution in [0.4, 0.5) is 0 Å². The Morgan fingerprint density at radius 2 is 0.816 bits per heavy atom. The van der Waals surface area contributed by atoms with Gasteiger partial charge in [-0.2, -0.15) is 0 Å². The SMILES string of the molecule is [2H]c1c([2H])c([2H])c(-c2c([2H])c([2H])c3oc4c([2H])c(-c5c6c([2H])c([2H])c([2H])c([2H])c6c(-c6c([2H])c([2H])c([2H])c(-c7c([2H])c([2H])c8c([2H])c([2H])c([2H])c([2H])c8c7[2H])c6[2H])c6c([2H])c([2H])c([2H])c([2H])c56)c([2H])c([2H])c4c3c2[2H])c([2H])c1[2H]. The van der Waals surface area contributed by atoms with Crippen molar-refractivity contribution in [2.45, 2.75) is 0 Å². The molecule has 1 nitrogen and oxygen atoms in total. The van der Waals surface area contributed by atoms with Crippen LogP contribution in [0.1, 0.15) is 41.1 Å². The Hall–Kier alpha value is -6.44. The minimum absolute atomic E-state index is 0.535. The van der Waals surface area contributed by atoms with Gasteiger partial charge in [-0.25, -0.2) is 0 Å². The summed E-state index contributed by atoms with van der Waals surface area (Å²) in [5.41, 5.74) is -7.76. The summed E-state index contributed by atoms with van der Waals surface area (Å²) in [6.45, 7) is 0. The van der Waals surface area contributed by atoms with Crippen LogP contribution < -0.4 is 0 Å². The molecule has 0 spiro atoms. The minimum atomic E-state index is -1.10. The molecular weight excluding hydrogens is 593 g/mol. The Balaban J connectivity index is 1.43. The largest absolute Gasteiger partial charge is 0.456 e. The van der Waals surface area contributed by atoms with Crippen LogP contribution in [0.3, 0.4) is 0 Å². The van der Waals surface area contributed by atoms with Gasteiger partial charge in [0, 0.05) is 10.8 Å². The lowest BCUT2D eigenvalue weighted by molar-refractivity contribution is 0.669. The molecule has 0 saturated heterocycles. The lowest BCUT2D eigenvalue weighted by Gasteiger charge is -2.18. The lowest BCUT2D eigenvalue weighted by atomic mass is 9.85. The van der Waals surface area contributed by atoms with E-state index in [1.165, 1.54) is 0 Å². The molecule has 1 heterocycles. The van der Waals surface area contributed by atoms with Crippen LogP contribution in [0.25, 0.3) is 98.8 Å². The zero-order chi connectivity index (χ0) is 58.4. The van der Waals surface area contributed by atoms with Gasteiger partial charge in [-0.05, 0) is 113 Å². The second-order valence-electron chi connectivity index (χ2n) is 10.5. The first-order valence-corrected chi connectivity index (χ1v) is 14.4. The average molecular weight is 653 g/mol. The van der Waals surface area contributed by atoms with Crippen molar-refractivity contribution >= 4 is 54.3 Å². The van der Waals surface area contributed by atoms with Crippen LogP contribution in [0, 0.1) is 0 Å². The highest BCUT2D eigenvalue weighted by Gasteiger charge is 2.18. The van der Waals surface area contributed by atoms with Crippen LogP contribution in [0.5, 0.6) is 0 Å². The van der Waals surface area contributed by atoms with Gasteiger partial charge in [0.2, 0.25) is 0 Å². The molecule has 0 fully saturated rings. The third kappa shape index (κ3) is 4.55. The van der Waals surface area contributed by atoms with E-state index >= 15 is 0 Å². The highest BCUT2D eigenvalue weighted by atomic mass is 16.3. The highest BCUT2D eigenvalue weighted by molar-refractivity contribution is 6.22. The zero-order valence-corrected chi connectivity index (χ0v) is 24.4. The molecule has 0 aliphatic heterocycles. The normalized spacial score (nSPS) is 20.2. The van der Waals surface area contributed by atoms with Gasteiger partial charge in [-0.1, -0.05) is 145 Å². The van der Waals surface area contributed by atoms with Crippen LogP contribution in [-0.2, 0) is 0 Å². The van der Waals surface area contributed by atoms with E-state index in [1.54, 1.807) is 0 Å². The number of benzene rings is 9. The minimum Gasteiger partial charge on any atom is -0.456 e. The first-order valence-electron chi connectivity index (χ1n) is 29.4. The maximum Gasteiger partial charge on any atom is 0.136 e. The lowest BCUT2D eigenvalue weighted by Crippen LogP contribution is -1.91. The molecule has 0 bridgehead atoms. The standard InChI is InChI=1S/C48H30O/c1-2-11-31(12-3-1)36-24-26-45-44(29-36)39-25-23-38(30-46(39)49-45)48-42-19-8-6-17-40(42)47(41-18-7-9-20-43(41)48)37-16-10-15-34(28-37)35-22-21-32-13-4-5-14-33(32)27-35/h1-30H/i1D,2D,3D,4D,5D,6D,7D,8D,9D,10D,11D,12D,13D,14D,15D,16D,17D,18D,19D,20D,21D,22D,23D,24D,25D,26D,27D,28D,29D,30D. The fourth-order valence-corrected chi connectivity index (χ4v) is 5.64. The Labute approximate surface area is 326 Å². The molecule has 0 aliphatic carbocycles. The van der Waals surface area contributed by atoms with Crippen LogP contribution in [-0.4, -0.2) is 0 Å². The molecule has 10 aromatic rings. The third-order valence-electron chi connectivity index (χ3n) is 7.76. The molecule has 10 rings (SSSR count). The van der Waals surface area contributed by atoms with Gasteiger partial charge in [0.15, 0.2) is 0 Å². The van der Waals surface area contributed by atoms with Crippen molar-refractivity contribution in [2.24, 2.45) is 0 Å². The summed E-state index contributed by atoms with van der Waals surface area (Å²) >= 11 is 0. The van der Waals surface area contributed by atoms with Gasteiger partial charge in [-0.3, -0.25) is 0 Å². The topological polar surface area (TPSA) is 13.1 Å².